The highest BCUT2D eigenvalue weighted by Gasteiger charge is 2.35. The molecule has 21 heavy (non-hydrogen) atoms. The van der Waals surface area contributed by atoms with Crippen molar-refractivity contribution in [3.05, 3.63) is 23.8 Å². The molecule has 2 aliphatic rings. The van der Waals surface area contributed by atoms with E-state index in [4.69, 9.17) is 14.2 Å². The van der Waals surface area contributed by atoms with E-state index in [2.05, 4.69) is 18.3 Å². The van der Waals surface area contributed by atoms with Gasteiger partial charge in [0.25, 0.3) is 0 Å². The van der Waals surface area contributed by atoms with Crippen molar-refractivity contribution in [3.63, 3.8) is 0 Å². The average molecular weight is 291 g/mol. The molecule has 1 N–H and O–H groups in total. The minimum absolute atomic E-state index is 0.155. The van der Waals surface area contributed by atoms with Gasteiger partial charge in [-0.15, -0.1) is 0 Å². The van der Waals surface area contributed by atoms with E-state index in [-0.39, 0.29) is 12.2 Å². The maximum absolute atomic E-state index is 6.21. The normalized spacial score (nSPS) is 28.0. The summed E-state index contributed by atoms with van der Waals surface area (Å²) in [4.78, 5) is 0. The monoisotopic (exact) mass is 291 g/mol. The summed E-state index contributed by atoms with van der Waals surface area (Å²) in [5.41, 5.74) is 1.21. The van der Waals surface area contributed by atoms with Crippen LogP contribution in [0.5, 0.6) is 11.5 Å². The standard InChI is InChI=1S/C17H25NO3/c1-3-8-18-14-11-17(16-5-4-9-20-16)21-15-7-6-12(19-2)10-13(14)15/h6-7,10,14,16-18H,3-5,8-9,11H2,1-2H3. The summed E-state index contributed by atoms with van der Waals surface area (Å²) in [6.45, 7) is 4.07. The Bertz CT molecular complexity index is 471. The van der Waals surface area contributed by atoms with Gasteiger partial charge in [-0.05, 0) is 44.0 Å². The van der Waals surface area contributed by atoms with Crippen LogP contribution in [-0.4, -0.2) is 32.5 Å². The smallest absolute Gasteiger partial charge is 0.127 e. The Kier molecular flexibility index (Phi) is 4.66. The molecule has 2 aliphatic heterocycles. The molecule has 3 rings (SSSR count). The number of ether oxygens (including phenoxy) is 3. The van der Waals surface area contributed by atoms with Crippen molar-refractivity contribution < 1.29 is 14.2 Å². The topological polar surface area (TPSA) is 39.7 Å². The van der Waals surface area contributed by atoms with Gasteiger partial charge in [0.1, 0.15) is 17.6 Å². The van der Waals surface area contributed by atoms with Gasteiger partial charge in [0.15, 0.2) is 0 Å². The molecule has 0 aliphatic carbocycles. The number of rotatable bonds is 5. The van der Waals surface area contributed by atoms with Crippen molar-refractivity contribution in [1.29, 1.82) is 0 Å². The molecule has 0 saturated carbocycles. The summed E-state index contributed by atoms with van der Waals surface area (Å²) in [5, 5.41) is 3.64. The SMILES string of the molecule is CCCNC1CC(C2CCCO2)Oc2ccc(OC)cc21. The number of hydrogen-bond donors (Lipinski definition) is 1. The van der Waals surface area contributed by atoms with Crippen LogP contribution in [0.1, 0.15) is 44.2 Å². The number of benzene rings is 1. The Morgan fingerprint density at radius 1 is 1.33 bits per heavy atom. The number of hydrogen-bond acceptors (Lipinski definition) is 4. The fourth-order valence-corrected chi connectivity index (χ4v) is 3.24. The van der Waals surface area contributed by atoms with Crippen molar-refractivity contribution in [2.24, 2.45) is 0 Å². The Balaban J connectivity index is 1.83. The predicted molar refractivity (Wildman–Crippen MR) is 82.0 cm³/mol. The van der Waals surface area contributed by atoms with Crippen LogP contribution in [0, 0.1) is 0 Å². The second-order valence-electron chi connectivity index (χ2n) is 5.85. The van der Waals surface area contributed by atoms with Crippen LogP contribution >= 0.6 is 0 Å². The molecule has 1 saturated heterocycles. The highest BCUT2D eigenvalue weighted by atomic mass is 16.5. The van der Waals surface area contributed by atoms with E-state index < -0.39 is 0 Å². The third-order valence-corrected chi connectivity index (χ3v) is 4.36. The van der Waals surface area contributed by atoms with Gasteiger partial charge in [-0.3, -0.25) is 0 Å². The zero-order valence-electron chi connectivity index (χ0n) is 12.9. The largest absolute Gasteiger partial charge is 0.497 e. The van der Waals surface area contributed by atoms with Crippen LogP contribution in [-0.2, 0) is 4.74 Å². The second kappa shape index (κ2) is 6.67. The second-order valence-corrected chi connectivity index (χ2v) is 5.85. The summed E-state index contributed by atoms with van der Waals surface area (Å²) in [6, 6.07) is 6.40. The molecule has 0 amide bonds. The summed E-state index contributed by atoms with van der Waals surface area (Å²) < 4.78 is 17.4. The Hall–Kier alpha value is -1.26. The summed E-state index contributed by atoms with van der Waals surface area (Å²) in [5.74, 6) is 1.85. The molecule has 1 aromatic rings. The molecule has 1 fully saturated rings. The molecule has 0 aromatic heterocycles. The van der Waals surface area contributed by atoms with Gasteiger partial charge in [0.05, 0.1) is 13.2 Å². The summed E-state index contributed by atoms with van der Waals surface area (Å²) >= 11 is 0. The maximum atomic E-state index is 6.21. The number of fused-ring (bicyclic) bond motifs is 1. The van der Waals surface area contributed by atoms with Crippen LogP contribution in [0.25, 0.3) is 0 Å². The predicted octanol–water partition coefficient (Wildman–Crippen LogP) is 3.07. The third-order valence-electron chi connectivity index (χ3n) is 4.36. The fourth-order valence-electron chi connectivity index (χ4n) is 3.24. The first-order valence-corrected chi connectivity index (χ1v) is 8.01. The van der Waals surface area contributed by atoms with Gasteiger partial charge >= 0.3 is 0 Å². The molecule has 0 bridgehead atoms. The minimum Gasteiger partial charge on any atom is -0.497 e. The molecule has 0 spiro atoms. The van der Waals surface area contributed by atoms with Crippen LogP contribution in [0.4, 0.5) is 0 Å². The van der Waals surface area contributed by atoms with Crippen LogP contribution in [0.3, 0.4) is 0 Å². The van der Waals surface area contributed by atoms with Gasteiger partial charge < -0.3 is 19.5 Å². The number of methoxy groups -OCH3 is 1. The highest BCUT2D eigenvalue weighted by molar-refractivity contribution is 5.43. The van der Waals surface area contributed by atoms with Gasteiger partial charge in [-0.25, -0.2) is 0 Å². The quantitative estimate of drug-likeness (QED) is 0.905. The molecule has 3 unspecified atom stereocenters. The Morgan fingerprint density at radius 2 is 2.24 bits per heavy atom. The van der Waals surface area contributed by atoms with E-state index in [0.717, 1.165) is 50.3 Å². The Morgan fingerprint density at radius 3 is 2.95 bits per heavy atom. The van der Waals surface area contributed by atoms with Gasteiger partial charge in [-0.2, -0.15) is 0 Å². The van der Waals surface area contributed by atoms with Crippen molar-refractivity contribution in [1.82, 2.24) is 5.32 Å². The van der Waals surface area contributed by atoms with E-state index >= 15 is 0 Å². The lowest BCUT2D eigenvalue weighted by Gasteiger charge is -2.35. The highest BCUT2D eigenvalue weighted by Crippen LogP contribution is 2.39. The van der Waals surface area contributed by atoms with Crippen molar-refractivity contribution in [2.75, 3.05) is 20.3 Å². The third kappa shape index (κ3) is 3.16. The number of nitrogens with one attached hydrogen (secondary N) is 1. The van der Waals surface area contributed by atoms with Gasteiger partial charge in [0, 0.05) is 24.6 Å². The molecular formula is C17H25NO3. The summed E-state index contributed by atoms with van der Waals surface area (Å²) in [6.07, 6.45) is 4.74. The zero-order valence-corrected chi connectivity index (χ0v) is 12.9. The van der Waals surface area contributed by atoms with Gasteiger partial charge in [-0.1, -0.05) is 6.92 Å². The molecule has 116 valence electrons. The summed E-state index contributed by atoms with van der Waals surface area (Å²) in [7, 11) is 1.70. The molecule has 1 aromatic carbocycles. The molecule has 0 radical (unpaired) electrons. The molecule has 4 nitrogen and oxygen atoms in total. The first-order valence-electron chi connectivity index (χ1n) is 8.01. The molecule has 4 heteroatoms. The van der Waals surface area contributed by atoms with Crippen molar-refractivity contribution in [3.8, 4) is 11.5 Å². The van der Waals surface area contributed by atoms with Crippen LogP contribution < -0.4 is 14.8 Å². The fraction of sp³-hybridized carbons (Fsp3) is 0.647. The first kappa shape index (κ1) is 14.7. The van der Waals surface area contributed by atoms with Crippen molar-refractivity contribution in [2.45, 2.75) is 50.9 Å². The maximum Gasteiger partial charge on any atom is 0.127 e. The van der Waals surface area contributed by atoms with Crippen molar-refractivity contribution >= 4 is 0 Å². The molecule has 2 heterocycles. The lowest BCUT2D eigenvalue weighted by atomic mass is 9.93. The lowest BCUT2D eigenvalue weighted by molar-refractivity contribution is -0.00450. The lowest BCUT2D eigenvalue weighted by Crippen LogP contribution is -2.40. The van der Waals surface area contributed by atoms with Crippen LogP contribution in [0.2, 0.25) is 0 Å². The van der Waals surface area contributed by atoms with E-state index in [1.807, 2.05) is 12.1 Å². The minimum atomic E-state index is 0.155. The van der Waals surface area contributed by atoms with Gasteiger partial charge in [0.2, 0.25) is 0 Å². The first-order chi connectivity index (χ1) is 10.3. The van der Waals surface area contributed by atoms with E-state index in [1.54, 1.807) is 7.11 Å². The molecular weight excluding hydrogens is 266 g/mol. The average Bonchev–Trinajstić information content (AvgIpc) is 3.06. The zero-order chi connectivity index (χ0) is 14.7. The van der Waals surface area contributed by atoms with E-state index in [0.29, 0.717) is 6.04 Å². The Labute approximate surface area is 126 Å². The van der Waals surface area contributed by atoms with Crippen LogP contribution in [0.15, 0.2) is 18.2 Å². The molecule has 3 atom stereocenters. The van der Waals surface area contributed by atoms with E-state index in [1.165, 1.54) is 5.56 Å². The van der Waals surface area contributed by atoms with E-state index in [9.17, 15) is 0 Å².